The molecule has 178 valence electrons. The minimum Gasteiger partial charge on any atom is -0.429 e. The normalized spacial score (nSPS) is 28.5. The van der Waals surface area contributed by atoms with Crippen LogP contribution >= 0.6 is 0 Å². The van der Waals surface area contributed by atoms with E-state index in [1.54, 1.807) is 11.1 Å². The Morgan fingerprint density at radius 3 is 2.78 bits per heavy atom. The van der Waals surface area contributed by atoms with E-state index in [1.165, 1.54) is 30.9 Å². The van der Waals surface area contributed by atoms with Gasteiger partial charge < -0.3 is 19.3 Å². The number of allylic oxidation sites excluding steroid dienone is 4. The van der Waals surface area contributed by atoms with Crippen molar-refractivity contribution >= 4 is 5.97 Å². The Hall–Kier alpha value is -1.69. The molecule has 32 heavy (non-hydrogen) atoms. The molecule has 0 fully saturated rings. The summed E-state index contributed by atoms with van der Waals surface area (Å²) in [6.45, 7) is 11.8. The monoisotopic (exact) mass is 444 g/mol. The largest absolute Gasteiger partial charge is 0.429 e. The lowest BCUT2D eigenvalue weighted by molar-refractivity contribution is -0.161. The van der Waals surface area contributed by atoms with E-state index in [9.17, 15) is 9.90 Å². The summed E-state index contributed by atoms with van der Waals surface area (Å²) >= 11 is 0. The second-order valence-corrected chi connectivity index (χ2v) is 9.95. The van der Waals surface area contributed by atoms with Crippen molar-refractivity contribution in [1.82, 2.24) is 0 Å². The fourth-order valence-corrected chi connectivity index (χ4v) is 5.19. The molecule has 3 rings (SSSR count). The first-order valence-corrected chi connectivity index (χ1v) is 12.1. The summed E-state index contributed by atoms with van der Waals surface area (Å²) in [6, 6.07) is 0. The van der Waals surface area contributed by atoms with Gasteiger partial charge in [0.1, 0.15) is 0 Å². The second-order valence-electron chi connectivity index (χ2n) is 9.95. The van der Waals surface area contributed by atoms with Crippen molar-refractivity contribution < 1.29 is 24.1 Å². The molecular formula is C27H40O5. The van der Waals surface area contributed by atoms with Gasteiger partial charge in [0.25, 0.3) is 0 Å². The Labute approximate surface area is 193 Å². The third kappa shape index (κ3) is 6.21. The van der Waals surface area contributed by atoms with Gasteiger partial charge in [-0.3, -0.25) is 0 Å². The lowest BCUT2D eigenvalue weighted by atomic mass is 9.71. The molecule has 0 saturated heterocycles. The van der Waals surface area contributed by atoms with Gasteiger partial charge in [-0.2, -0.15) is 0 Å². The van der Waals surface area contributed by atoms with Gasteiger partial charge >= 0.3 is 5.97 Å². The molecule has 2 aliphatic heterocycles. The van der Waals surface area contributed by atoms with Crippen molar-refractivity contribution in [3.63, 3.8) is 0 Å². The lowest BCUT2D eigenvalue weighted by Gasteiger charge is -2.35. The van der Waals surface area contributed by atoms with E-state index in [4.69, 9.17) is 14.2 Å². The number of ether oxygens (including phenoxy) is 3. The molecule has 3 aliphatic rings. The average Bonchev–Trinajstić information content (AvgIpc) is 3.06. The predicted octanol–water partition coefficient (Wildman–Crippen LogP) is 5.90. The molecule has 0 bridgehead atoms. The van der Waals surface area contributed by atoms with E-state index < -0.39 is 24.7 Å². The molecule has 0 spiro atoms. The summed E-state index contributed by atoms with van der Waals surface area (Å²) in [6.07, 6.45) is 12.3. The van der Waals surface area contributed by atoms with E-state index in [-0.39, 0.29) is 0 Å². The summed E-state index contributed by atoms with van der Waals surface area (Å²) in [7, 11) is 0. The van der Waals surface area contributed by atoms with Crippen LogP contribution in [0.4, 0.5) is 0 Å². The quantitative estimate of drug-likeness (QED) is 0.354. The lowest BCUT2D eigenvalue weighted by Crippen LogP contribution is -2.34. The second kappa shape index (κ2) is 11.0. The van der Waals surface area contributed by atoms with Crippen LogP contribution in [-0.4, -0.2) is 36.4 Å². The zero-order valence-corrected chi connectivity index (χ0v) is 20.4. The first kappa shape index (κ1) is 24.9. The van der Waals surface area contributed by atoms with Crippen LogP contribution in [0.15, 0.2) is 46.1 Å². The van der Waals surface area contributed by atoms with Crippen LogP contribution in [0.3, 0.4) is 0 Å². The van der Waals surface area contributed by atoms with Crippen LogP contribution in [0.5, 0.6) is 0 Å². The number of rotatable bonds is 9. The highest BCUT2D eigenvalue weighted by Gasteiger charge is 2.35. The van der Waals surface area contributed by atoms with Crippen LogP contribution in [0.1, 0.15) is 86.0 Å². The summed E-state index contributed by atoms with van der Waals surface area (Å²) < 4.78 is 16.7. The molecular weight excluding hydrogens is 404 g/mol. The SMILES string of the molecule is CCO[C@@H]1O[C@@H](C2=CC(=O)O[C@H]2O)CC=C1CC/C=C(\C)CCC1=C(C)CCCC1(C)C. The Morgan fingerprint density at radius 1 is 1.34 bits per heavy atom. The molecule has 5 nitrogen and oxygen atoms in total. The molecule has 1 N–H and O–H groups in total. The molecule has 3 atom stereocenters. The highest BCUT2D eigenvalue weighted by Crippen LogP contribution is 2.42. The van der Waals surface area contributed by atoms with E-state index in [0.717, 1.165) is 31.3 Å². The summed E-state index contributed by atoms with van der Waals surface area (Å²) in [5, 5.41) is 9.93. The summed E-state index contributed by atoms with van der Waals surface area (Å²) in [4.78, 5) is 11.4. The third-order valence-corrected chi connectivity index (χ3v) is 7.05. The fourth-order valence-electron chi connectivity index (χ4n) is 5.19. The van der Waals surface area contributed by atoms with Gasteiger partial charge in [-0.1, -0.05) is 42.7 Å². The summed E-state index contributed by atoms with van der Waals surface area (Å²) in [5.41, 5.74) is 6.63. The molecule has 5 heteroatoms. The first-order chi connectivity index (χ1) is 15.2. The van der Waals surface area contributed by atoms with E-state index >= 15 is 0 Å². The van der Waals surface area contributed by atoms with Crippen LogP contribution in [0.2, 0.25) is 0 Å². The van der Waals surface area contributed by atoms with Gasteiger partial charge in [-0.05, 0) is 83.1 Å². The van der Waals surface area contributed by atoms with Gasteiger partial charge in [-0.15, -0.1) is 0 Å². The Morgan fingerprint density at radius 2 is 2.12 bits per heavy atom. The van der Waals surface area contributed by atoms with E-state index in [0.29, 0.717) is 24.0 Å². The van der Waals surface area contributed by atoms with Gasteiger partial charge in [0.15, 0.2) is 6.29 Å². The van der Waals surface area contributed by atoms with Crippen molar-refractivity contribution in [1.29, 1.82) is 0 Å². The first-order valence-electron chi connectivity index (χ1n) is 12.1. The van der Waals surface area contributed by atoms with E-state index in [2.05, 4.69) is 39.8 Å². The predicted molar refractivity (Wildman–Crippen MR) is 126 cm³/mol. The highest BCUT2D eigenvalue weighted by molar-refractivity contribution is 5.85. The van der Waals surface area contributed by atoms with E-state index in [1.807, 2.05) is 6.92 Å². The molecule has 0 aromatic rings. The number of aliphatic hydroxyl groups is 1. The maximum absolute atomic E-state index is 11.4. The standard InChI is InChI=1S/C27H40O5/c1-6-30-26-20(13-15-23(31-26)21-17-24(28)32-25(21)29)11-7-9-18(2)12-14-22-19(3)10-8-16-27(22,4)5/h9,13,17,23,25-26,29H,6-8,10-12,14-16H2,1-5H3/b18-9+/t23-,25-,26-/m1/s1. The van der Waals surface area contributed by atoms with Crippen molar-refractivity contribution in [2.45, 2.75) is 105 Å². The molecule has 1 aliphatic carbocycles. The van der Waals surface area contributed by atoms with Gasteiger partial charge in [0, 0.05) is 18.3 Å². The number of esters is 1. The number of hydrogen-bond acceptors (Lipinski definition) is 5. The van der Waals surface area contributed by atoms with Gasteiger partial charge in [-0.25, -0.2) is 4.79 Å². The van der Waals surface area contributed by atoms with Crippen molar-refractivity contribution in [2.75, 3.05) is 6.61 Å². The highest BCUT2D eigenvalue weighted by atomic mass is 16.7. The molecule has 0 aromatic heterocycles. The third-order valence-electron chi connectivity index (χ3n) is 7.05. The molecule has 0 amide bonds. The van der Waals surface area contributed by atoms with Crippen LogP contribution in [0.25, 0.3) is 0 Å². The maximum Gasteiger partial charge on any atom is 0.333 e. The zero-order valence-electron chi connectivity index (χ0n) is 20.4. The van der Waals surface area contributed by atoms with Gasteiger partial charge in [0.2, 0.25) is 6.29 Å². The van der Waals surface area contributed by atoms with Crippen LogP contribution < -0.4 is 0 Å². The molecule has 0 radical (unpaired) electrons. The number of cyclic esters (lactones) is 1. The Kier molecular flexibility index (Phi) is 8.54. The molecule has 0 unspecified atom stereocenters. The fraction of sp³-hybridized carbons (Fsp3) is 0.667. The minimum absolute atomic E-state index is 0.339. The Balaban J connectivity index is 1.55. The smallest absolute Gasteiger partial charge is 0.333 e. The van der Waals surface area contributed by atoms with Crippen molar-refractivity contribution in [3.8, 4) is 0 Å². The van der Waals surface area contributed by atoms with Crippen molar-refractivity contribution in [2.24, 2.45) is 5.41 Å². The summed E-state index contributed by atoms with van der Waals surface area (Å²) in [5.74, 6) is -0.526. The molecule has 0 aromatic carbocycles. The topological polar surface area (TPSA) is 65.0 Å². The minimum atomic E-state index is -1.22. The van der Waals surface area contributed by atoms with Crippen LogP contribution in [-0.2, 0) is 19.0 Å². The number of hydrogen-bond donors (Lipinski definition) is 1. The maximum atomic E-state index is 11.4. The van der Waals surface area contributed by atoms with Crippen LogP contribution in [0, 0.1) is 5.41 Å². The molecule has 2 heterocycles. The molecule has 0 saturated carbocycles. The number of carbonyl (C=O) groups excluding carboxylic acids is 1. The van der Waals surface area contributed by atoms with Crippen molar-refractivity contribution in [3.05, 3.63) is 46.1 Å². The average molecular weight is 445 g/mol. The number of aliphatic hydroxyl groups excluding tert-OH is 1. The zero-order chi connectivity index (χ0) is 23.3. The number of carbonyl (C=O) groups is 1. The Bertz CT molecular complexity index is 814. The van der Waals surface area contributed by atoms with Gasteiger partial charge in [0.05, 0.1) is 6.10 Å².